The summed E-state index contributed by atoms with van der Waals surface area (Å²) in [5.41, 5.74) is 1.60. The van der Waals surface area contributed by atoms with Gasteiger partial charge in [0.15, 0.2) is 0 Å². The highest BCUT2D eigenvalue weighted by Gasteiger charge is 2.05. The summed E-state index contributed by atoms with van der Waals surface area (Å²) in [5.74, 6) is -0.574. The summed E-state index contributed by atoms with van der Waals surface area (Å²) in [5, 5.41) is 25.3. The van der Waals surface area contributed by atoms with Crippen molar-refractivity contribution in [2.45, 2.75) is 39.0 Å². The zero-order chi connectivity index (χ0) is 14.0. The van der Waals surface area contributed by atoms with Gasteiger partial charge < -0.3 is 15.3 Å². The van der Waals surface area contributed by atoms with E-state index in [0.29, 0.717) is 0 Å². The molecule has 0 spiro atoms. The lowest BCUT2D eigenvalue weighted by molar-refractivity contribution is -0.136. The van der Waals surface area contributed by atoms with Gasteiger partial charge in [-0.15, -0.1) is 0 Å². The van der Waals surface area contributed by atoms with Crippen LogP contribution in [0.15, 0.2) is 18.2 Å². The Hall–Kier alpha value is -1.55. The number of carboxylic acids is 1. The van der Waals surface area contributed by atoms with Gasteiger partial charge in [-0.25, -0.2) is 0 Å². The maximum absolute atomic E-state index is 10.6. The maximum atomic E-state index is 10.6. The van der Waals surface area contributed by atoms with Crippen LogP contribution in [0.1, 0.15) is 37.3 Å². The second-order valence-electron chi connectivity index (χ2n) is 3.99. The van der Waals surface area contributed by atoms with E-state index in [4.69, 9.17) is 10.2 Å². The molecule has 0 aliphatic heterocycles. The van der Waals surface area contributed by atoms with Gasteiger partial charge in [0.05, 0.1) is 6.42 Å². The highest BCUT2D eigenvalue weighted by atomic mass is 16.4. The van der Waals surface area contributed by atoms with Gasteiger partial charge in [-0.3, -0.25) is 4.79 Å². The van der Waals surface area contributed by atoms with Crippen LogP contribution in [0.25, 0.3) is 0 Å². The van der Waals surface area contributed by atoms with Crippen molar-refractivity contribution in [1.29, 1.82) is 0 Å². The number of aryl methyl sites for hydroxylation is 1. The number of hydrogen-bond donors (Lipinski definition) is 3. The Morgan fingerprint density at radius 1 is 1.22 bits per heavy atom. The van der Waals surface area contributed by atoms with Crippen LogP contribution in [0.4, 0.5) is 0 Å². The summed E-state index contributed by atoms with van der Waals surface area (Å²) < 4.78 is 0. The van der Waals surface area contributed by atoms with Gasteiger partial charge in [0, 0.05) is 7.11 Å². The maximum Gasteiger partial charge on any atom is 0.307 e. The molecule has 0 atom stereocenters. The van der Waals surface area contributed by atoms with Gasteiger partial charge in [-0.2, -0.15) is 0 Å². The molecule has 0 radical (unpaired) electrons. The molecule has 102 valence electrons. The van der Waals surface area contributed by atoms with Crippen molar-refractivity contribution in [2.75, 3.05) is 7.11 Å². The third-order valence-corrected chi connectivity index (χ3v) is 2.55. The fourth-order valence-corrected chi connectivity index (χ4v) is 1.69. The Balaban J connectivity index is 0.00000137. The highest BCUT2D eigenvalue weighted by Crippen LogP contribution is 2.21. The molecule has 0 saturated carbocycles. The monoisotopic (exact) mass is 254 g/mol. The molecule has 4 heteroatoms. The summed E-state index contributed by atoms with van der Waals surface area (Å²) in [6, 6.07) is 5.03. The van der Waals surface area contributed by atoms with Crippen LogP contribution < -0.4 is 0 Å². The molecular weight excluding hydrogens is 232 g/mol. The molecule has 3 N–H and O–H groups in total. The Labute approximate surface area is 108 Å². The van der Waals surface area contributed by atoms with E-state index in [1.807, 2.05) is 0 Å². The van der Waals surface area contributed by atoms with Crippen LogP contribution in [0.3, 0.4) is 0 Å². The number of aliphatic hydroxyl groups is 1. The summed E-state index contributed by atoms with van der Waals surface area (Å²) in [6.07, 6.45) is 4.12. The number of rotatable bonds is 6. The van der Waals surface area contributed by atoms with Crippen molar-refractivity contribution in [3.63, 3.8) is 0 Å². The molecule has 0 unspecified atom stereocenters. The number of unbranched alkanes of at least 4 members (excludes halogenated alkanes) is 2. The Kier molecular flexibility index (Phi) is 8.66. The Bertz CT molecular complexity index is 361. The van der Waals surface area contributed by atoms with Crippen molar-refractivity contribution in [3.05, 3.63) is 29.3 Å². The van der Waals surface area contributed by atoms with E-state index in [2.05, 4.69) is 6.92 Å². The number of aliphatic carboxylic acids is 1. The van der Waals surface area contributed by atoms with E-state index in [0.717, 1.165) is 43.9 Å². The van der Waals surface area contributed by atoms with Crippen molar-refractivity contribution in [1.82, 2.24) is 0 Å². The molecule has 0 aliphatic carbocycles. The van der Waals surface area contributed by atoms with Gasteiger partial charge in [0.25, 0.3) is 0 Å². The van der Waals surface area contributed by atoms with E-state index in [1.54, 1.807) is 18.2 Å². The molecule has 1 aromatic carbocycles. The lowest BCUT2D eigenvalue weighted by atomic mass is 10.0. The average molecular weight is 254 g/mol. The summed E-state index contributed by atoms with van der Waals surface area (Å²) >= 11 is 0. The summed E-state index contributed by atoms with van der Waals surface area (Å²) in [7, 11) is 1.00. The number of hydrogen-bond acceptors (Lipinski definition) is 3. The molecule has 0 aromatic heterocycles. The van der Waals surface area contributed by atoms with Crippen molar-refractivity contribution in [3.8, 4) is 5.75 Å². The molecule has 0 aliphatic rings. The minimum Gasteiger partial charge on any atom is -0.508 e. The standard InChI is InChI=1S/C13H18O3.CH4O/c1-2-3-4-5-11-8-10(9-13(15)16)6-7-12(11)14;1-2/h6-8,14H,2-5,9H2,1H3,(H,15,16);2H,1H3. The van der Waals surface area contributed by atoms with Crippen LogP contribution in [0.5, 0.6) is 5.75 Å². The molecule has 0 saturated heterocycles. The normalized spacial score (nSPS) is 9.50. The zero-order valence-corrected chi connectivity index (χ0v) is 11.0. The molecule has 0 amide bonds. The quantitative estimate of drug-likeness (QED) is 0.681. The van der Waals surface area contributed by atoms with Gasteiger partial charge in [0.2, 0.25) is 0 Å². The lowest BCUT2D eigenvalue weighted by Gasteiger charge is -2.06. The Morgan fingerprint density at radius 2 is 1.89 bits per heavy atom. The number of benzene rings is 1. The molecule has 0 bridgehead atoms. The molecule has 1 rings (SSSR count). The van der Waals surface area contributed by atoms with Gasteiger partial charge in [-0.1, -0.05) is 31.9 Å². The van der Waals surface area contributed by atoms with E-state index in [1.165, 1.54) is 0 Å². The average Bonchev–Trinajstić information content (AvgIpc) is 2.35. The minimum atomic E-state index is -0.842. The fraction of sp³-hybridized carbons (Fsp3) is 0.500. The van der Waals surface area contributed by atoms with Crippen LogP contribution >= 0.6 is 0 Å². The SMILES string of the molecule is CCCCCc1cc(CC(=O)O)ccc1O.CO. The fourth-order valence-electron chi connectivity index (χ4n) is 1.69. The van der Waals surface area contributed by atoms with E-state index >= 15 is 0 Å². The van der Waals surface area contributed by atoms with Crippen LogP contribution in [0, 0.1) is 0 Å². The predicted molar refractivity (Wildman–Crippen MR) is 70.8 cm³/mol. The lowest BCUT2D eigenvalue weighted by Crippen LogP contribution is -2.00. The van der Waals surface area contributed by atoms with Gasteiger partial charge >= 0.3 is 5.97 Å². The number of aromatic hydroxyl groups is 1. The summed E-state index contributed by atoms with van der Waals surface area (Å²) in [4.78, 5) is 10.6. The van der Waals surface area contributed by atoms with Crippen LogP contribution in [-0.4, -0.2) is 28.4 Å². The molecule has 1 aromatic rings. The van der Waals surface area contributed by atoms with E-state index in [9.17, 15) is 9.90 Å². The third-order valence-electron chi connectivity index (χ3n) is 2.55. The first kappa shape index (κ1) is 16.4. The van der Waals surface area contributed by atoms with E-state index in [-0.39, 0.29) is 12.2 Å². The second kappa shape index (κ2) is 9.48. The Morgan fingerprint density at radius 3 is 2.44 bits per heavy atom. The first-order valence-electron chi connectivity index (χ1n) is 6.10. The van der Waals surface area contributed by atoms with Crippen LogP contribution in [-0.2, 0) is 17.6 Å². The van der Waals surface area contributed by atoms with Crippen molar-refractivity contribution in [2.24, 2.45) is 0 Å². The minimum absolute atomic E-state index is 0.0149. The molecule has 4 nitrogen and oxygen atoms in total. The topological polar surface area (TPSA) is 77.8 Å². The second-order valence-corrected chi connectivity index (χ2v) is 3.99. The molecule has 18 heavy (non-hydrogen) atoms. The smallest absolute Gasteiger partial charge is 0.307 e. The number of phenolic OH excluding ortho intramolecular Hbond substituents is 1. The highest BCUT2D eigenvalue weighted by molar-refractivity contribution is 5.70. The van der Waals surface area contributed by atoms with Gasteiger partial charge in [0.1, 0.15) is 5.75 Å². The predicted octanol–water partition coefficient (Wildman–Crippen LogP) is 2.36. The van der Waals surface area contributed by atoms with E-state index < -0.39 is 5.97 Å². The first-order chi connectivity index (χ1) is 8.63. The molecule has 0 fully saturated rings. The first-order valence-corrected chi connectivity index (χ1v) is 6.10. The van der Waals surface area contributed by atoms with Gasteiger partial charge in [-0.05, 0) is 30.0 Å². The number of phenols is 1. The van der Waals surface area contributed by atoms with Crippen molar-refractivity contribution >= 4 is 5.97 Å². The largest absolute Gasteiger partial charge is 0.508 e. The van der Waals surface area contributed by atoms with Crippen LogP contribution in [0.2, 0.25) is 0 Å². The molecule has 0 heterocycles. The number of carboxylic acid groups (broad SMARTS) is 1. The molecular formula is C14H22O4. The summed E-state index contributed by atoms with van der Waals surface area (Å²) in [6.45, 7) is 2.13. The number of aliphatic hydroxyl groups excluding tert-OH is 1. The zero-order valence-electron chi connectivity index (χ0n) is 11.0. The third kappa shape index (κ3) is 6.25. The number of carbonyl (C=O) groups is 1. The van der Waals surface area contributed by atoms with Crippen molar-refractivity contribution < 1.29 is 20.1 Å².